The Kier molecular flexibility index (Phi) is 6.16. The summed E-state index contributed by atoms with van der Waals surface area (Å²) in [6.45, 7) is 11.1. The van der Waals surface area contributed by atoms with Crippen LogP contribution < -0.4 is 0 Å². The summed E-state index contributed by atoms with van der Waals surface area (Å²) in [6, 6.07) is 0.638. The van der Waals surface area contributed by atoms with Gasteiger partial charge in [-0.2, -0.15) is 12.6 Å². The summed E-state index contributed by atoms with van der Waals surface area (Å²) in [5.41, 5.74) is 0.390. The highest BCUT2D eigenvalue weighted by Gasteiger charge is 2.33. The summed E-state index contributed by atoms with van der Waals surface area (Å²) in [6.07, 6.45) is 3.57. The zero-order valence-electron chi connectivity index (χ0n) is 11.0. The van der Waals surface area contributed by atoms with E-state index in [0.29, 0.717) is 11.5 Å². The Morgan fingerprint density at radius 1 is 1.31 bits per heavy atom. The van der Waals surface area contributed by atoms with Gasteiger partial charge in [-0.15, -0.1) is 0 Å². The fourth-order valence-corrected chi connectivity index (χ4v) is 2.82. The van der Waals surface area contributed by atoms with E-state index < -0.39 is 0 Å². The van der Waals surface area contributed by atoms with Crippen LogP contribution in [0.15, 0.2) is 0 Å². The van der Waals surface area contributed by atoms with E-state index in [9.17, 15) is 0 Å². The summed E-state index contributed by atoms with van der Waals surface area (Å²) < 4.78 is 5.48. The van der Waals surface area contributed by atoms with Crippen LogP contribution >= 0.6 is 12.6 Å². The lowest BCUT2D eigenvalue weighted by Crippen LogP contribution is -2.45. The molecular formula is C13H27NOS. The van der Waals surface area contributed by atoms with Gasteiger partial charge in [0.05, 0.1) is 0 Å². The molecule has 1 aliphatic rings. The normalized spacial score (nSPS) is 20.6. The molecule has 96 valence electrons. The van der Waals surface area contributed by atoms with E-state index in [-0.39, 0.29) is 0 Å². The molecule has 0 aromatic heterocycles. The second kappa shape index (κ2) is 6.87. The Morgan fingerprint density at radius 2 is 1.94 bits per heavy atom. The number of ether oxygens (including phenoxy) is 1. The molecule has 0 aromatic carbocycles. The van der Waals surface area contributed by atoms with E-state index in [0.717, 1.165) is 19.0 Å². The molecule has 0 saturated carbocycles. The average molecular weight is 245 g/mol. The van der Waals surface area contributed by atoms with Gasteiger partial charge in [0.2, 0.25) is 0 Å². The number of hydrogen-bond donors (Lipinski definition) is 1. The van der Waals surface area contributed by atoms with Gasteiger partial charge in [0, 0.05) is 25.8 Å². The van der Waals surface area contributed by atoms with Crippen LogP contribution in [0.4, 0.5) is 0 Å². The van der Waals surface area contributed by atoms with Crippen molar-refractivity contribution in [2.75, 3.05) is 32.1 Å². The van der Waals surface area contributed by atoms with Crippen LogP contribution in [0.5, 0.6) is 0 Å². The molecule has 1 heterocycles. The van der Waals surface area contributed by atoms with Crippen LogP contribution in [-0.2, 0) is 4.74 Å². The highest BCUT2D eigenvalue weighted by molar-refractivity contribution is 7.80. The third-order valence-electron chi connectivity index (χ3n) is 3.67. The molecule has 16 heavy (non-hydrogen) atoms. The molecule has 0 radical (unpaired) electrons. The summed E-state index contributed by atoms with van der Waals surface area (Å²) >= 11 is 4.58. The molecule has 2 nitrogen and oxygen atoms in total. The van der Waals surface area contributed by atoms with E-state index in [1.54, 1.807) is 0 Å². The topological polar surface area (TPSA) is 12.5 Å². The van der Waals surface area contributed by atoms with Crippen molar-refractivity contribution in [1.29, 1.82) is 0 Å². The first-order valence-corrected chi connectivity index (χ1v) is 7.19. The second-order valence-corrected chi connectivity index (χ2v) is 5.65. The molecular weight excluding hydrogens is 218 g/mol. The maximum Gasteiger partial charge on any atom is 0.0472 e. The third-order valence-corrected chi connectivity index (χ3v) is 4.34. The Balaban J connectivity index is 2.57. The minimum atomic E-state index is 0.390. The minimum Gasteiger partial charge on any atom is -0.381 e. The zero-order chi connectivity index (χ0) is 12.0. The molecule has 0 amide bonds. The zero-order valence-corrected chi connectivity index (χ0v) is 11.9. The van der Waals surface area contributed by atoms with Crippen molar-refractivity contribution in [2.45, 2.75) is 46.1 Å². The molecule has 1 saturated heterocycles. The Hall–Kier alpha value is 0.270. The van der Waals surface area contributed by atoms with Gasteiger partial charge in [-0.05, 0) is 50.8 Å². The lowest BCUT2D eigenvalue weighted by atomic mass is 9.81. The smallest absolute Gasteiger partial charge is 0.0472 e. The predicted molar refractivity (Wildman–Crippen MR) is 73.3 cm³/mol. The highest BCUT2D eigenvalue weighted by Crippen LogP contribution is 2.33. The van der Waals surface area contributed by atoms with Crippen LogP contribution in [0.3, 0.4) is 0 Å². The number of hydrogen-bond acceptors (Lipinski definition) is 3. The van der Waals surface area contributed by atoms with E-state index in [4.69, 9.17) is 4.74 Å². The first-order valence-electron chi connectivity index (χ1n) is 6.56. The third kappa shape index (κ3) is 3.94. The van der Waals surface area contributed by atoms with Gasteiger partial charge in [0.25, 0.3) is 0 Å². The monoisotopic (exact) mass is 245 g/mol. The van der Waals surface area contributed by atoms with E-state index in [1.807, 2.05) is 0 Å². The van der Waals surface area contributed by atoms with Crippen LogP contribution in [0.2, 0.25) is 0 Å². The predicted octanol–water partition coefficient (Wildman–Crippen LogP) is 2.83. The Labute approximate surface area is 106 Å². The molecule has 1 fully saturated rings. The van der Waals surface area contributed by atoms with Crippen molar-refractivity contribution in [3.05, 3.63) is 0 Å². The van der Waals surface area contributed by atoms with Crippen LogP contribution in [-0.4, -0.2) is 43.0 Å². The maximum absolute atomic E-state index is 5.48. The van der Waals surface area contributed by atoms with Gasteiger partial charge < -0.3 is 9.64 Å². The highest BCUT2D eigenvalue weighted by atomic mass is 32.1. The largest absolute Gasteiger partial charge is 0.381 e. The lowest BCUT2D eigenvalue weighted by molar-refractivity contribution is 0.00257. The van der Waals surface area contributed by atoms with Crippen LogP contribution in [0, 0.1) is 5.41 Å². The summed E-state index contributed by atoms with van der Waals surface area (Å²) in [5, 5.41) is 0. The molecule has 0 unspecified atom stereocenters. The number of rotatable bonds is 6. The second-order valence-electron chi connectivity index (χ2n) is 5.33. The fraction of sp³-hybridized carbons (Fsp3) is 1.00. The molecule has 0 spiro atoms. The van der Waals surface area contributed by atoms with E-state index >= 15 is 0 Å². The molecule has 3 heteroatoms. The van der Waals surface area contributed by atoms with Gasteiger partial charge in [0.1, 0.15) is 0 Å². The van der Waals surface area contributed by atoms with Crippen molar-refractivity contribution in [2.24, 2.45) is 5.41 Å². The summed E-state index contributed by atoms with van der Waals surface area (Å²) in [7, 11) is 0. The molecule has 0 aromatic rings. The quantitative estimate of drug-likeness (QED) is 0.723. The van der Waals surface area contributed by atoms with Crippen LogP contribution in [0.25, 0.3) is 0 Å². The van der Waals surface area contributed by atoms with Gasteiger partial charge in [-0.25, -0.2) is 0 Å². The first kappa shape index (κ1) is 14.3. The van der Waals surface area contributed by atoms with Crippen molar-refractivity contribution >= 4 is 12.6 Å². The van der Waals surface area contributed by atoms with E-state index in [1.165, 1.54) is 32.4 Å². The Morgan fingerprint density at radius 3 is 2.38 bits per heavy atom. The van der Waals surface area contributed by atoms with Crippen molar-refractivity contribution < 1.29 is 4.74 Å². The number of nitrogens with zero attached hydrogens (tertiary/aromatic N) is 1. The van der Waals surface area contributed by atoms with Gasteiger partial charge >= 0.3 is 0 Å². The molecule has 0 aliphatic carbocycles. The van der Waals surface area contributed by atoms with Gasteiger partial charge in [-0.3, -0.25) is 0 Å². The lowest BCUT2D eigenvalue weighted by Gasteiger charge is -2.41. The van der Waals surface area contributed by atoms with E-state index in [2.05, 4.69) is 38.3 Å². The Bertz CT molecular complexity index is 190. The first-order chi connectivity index (χ1) is 7.63. The van der Waals surface area contributed by atoms with Crippen molar-refractivity contribution in [3.8, 4) is 0 Å². The van der Waals surface area contributed by atoms with Crippen molar-refractivity contribution in [3.63, 3.8) is 0 Å². The van der Waals surface area contributed by atoms with Crippen molar-refractivity contribution in [1.82, 2.24) is 4.90 Å². The molecule has 0 bridgehead atoms. The summed E-state index contributed by atoms with van der Waals surface area (Å²) in [5.74, 6) is 0.989. The van der Waals surface area contributed by atoms with Crippen LogP contribution in [0.1, 0.15) is 40.0 Å². The summed E-state index contributed by atoms with van der Waals surface area (Å²) in [4.78, 5) is 2.60. The molecule has 1 rings (SSSR count). The maximum atomic E-state index is 5.48. The fourth-order valence-electron chi connectivity index (χ4n) is 2.41. The molecule has 1 aliphatic heterocycles. The standard InChI is InChI=1S/C13H27NOS/c1-4-7-14(12(2)3)10-13(11-16)5-8-15-9-6-13/h12,16H,4-11H2,1-3H3. The minimum absolute atomic E-state index is 0.390. The molecule has 0 N–H and O–H groups in total. The average Bonchev–Trinajstić information content (AvgIpc) is 2.29. The van der Waals surface area contributed by atoms with Gasteiger partial charge in [0.15, 0.2) is 0 Å². The van der Waals surface area contributed by atoms with Gasteiger partial charge in [-0.1, -0.05) is 6.92 Å². The molecule has 0 atom stereocenters. The number of thiol groups is 1. The SMILES string of the molecule is CCCN(CC1(CS)CCOCC1)C(C)C.